The fraction of sp³-hybridized carbons (Fsp3) is 0.0667. The molecule has 0 bridgehead atoms. The first-order valence-corrected chi connectivity index (χ1v) is 6.10. The van der Waals surface area contributed by atoms with Gasteiger partial charge < -0.3 is 10.5 Å². The number of hydrogen-bond donors (Lipinski definition) is 1. The second kappa shape index (κ2) is 4.77. The predicted molar refractivity (Wildman–Crippen MR) is 75.2 cm³/mol. The third-order valence-electron chi connectivity index (χ3n) is 2.88. The molecule has 20 heavy (non-hydrogen) atoms. The largest absolute Gasteiger partial charge is 0.435 e. The average molecular weight is 269 g/mol. The Bertz CT molecular complexity index is 789. The molecule has 3 aromatic rings. The molecular weight excluding hydrogens is 257 g/mol. The lowest BCUT2D eigenvalue weighted by Gasteiger charge is -2.10. The van der Waals surface area contributed by atoms with Gasteiger partial charge >= 0.3 is 0 Å². The fourth-order valence-electron chi connectivity index (χ4n) is 1.87. The Morgan fingerprint density at radius 3 is 2.50 bits per heavy atom. The molecule has 0 amide bonds. The number of nitrogens with zero attached hydrogens (tertiary/aromatic N) is 2. The lowest BCUT2D eigenvalue weighted by molar-refractivity contribution is 0.456. The van der Waals surface area contributed by atoms with Crippen molar-refractivity contribution in [3.05, 3.63) is 54.0 Å². The summed E-state index contributed by atoms with van der Waals surface area (Å²) in [7, 11) is 0. The second-order valence-electron chi connectivity index (χ2n) is 4.39. The van der Waals surface area contributed by atoms with Crippen LogP contribution in [0.5, 0.6) is 11.6 Å². The molecule has 1 aromatic heterocycles. The van der Waals surface area contributed by atoms with Crippen LogP contribution in [-0.2, 0) is 0 Å². The first kappa shape index (κ1) is 12.3. The van der Waals surface area contributed by atoms with Crippen molar-refractivity contribution in [2.75, 3.05) is 5.73 Å². The highest BCUT2D eigenvalue weighted by Gasteiger charge is 2.10. The number of aryl methyl sites for hydroxylation is 1. The van der Waals surface area contributed by atoms with Crippen LogP contribution in [0.15, 0.2) is 42.5 Å². The lowest BCUT2D eigenvalue weighted by Crippen LogP contribution is -1.98. The average Bonchev–Trinajstić information content (AvgIpc) is 2.43. The summed E-state index contributed by atoms with van der Waals surface area (Å²) in [5.74, 6) is 0.138. The van der Waals surface area contributed by atoms with Gasteiger partial charge in [-0.3, -0.25) is 0 Å². The van der Waals surface area contributed by atoms with E-state index in [1.165, 1.54) is 18.2 Å². The third kappa shape index (κ3) is 2.25. The van der Waals surface area contributed by atoms with Crippen molar-refractivity contribution < 1.29 is 9.13 Å². The molecule has 0 saturated heterocycles. The Morgan fingerprint density at radius 2 is 1.75 bits per heavy atom. The lowest BCUT2D eigenvalue weighted by atomic mass is 10.3. The van der Waals surface area contributed by atoms with Gasteiger partial charge in [0.15, 0.2) is 5.75 Å². The van der Waals surface area contributed by atoms with Crippen LogP contribution in [-0.4, -0.2) is 9.97 Å². The highest BCUT2D eigenvalue weighted by atomic mass is 19.1. The molecule has 0 spiro atoms. The minimum atomic E-state index is -0.416. The molecular formula is C15H12FN3O. The zero-order valence-corrected chi connectivity index (χ0v) is 10.8. The van der Waals surface area contributed by atoms with Crippen molar-refractivity contribution in [3.63, 3.8) is 0 Å². The van der Waals surface area contributed by atoms with Crippen LogP contribution >= 0.6 is 0 Å². The monoisotopic (exact) mass is 269 g/mol. The first-order valence-electron chi connectivity index (χ1n) is 6.10. The molecule has 0 aliphatic rings. The second-order valence-corrected chi connectivity index (χ2v) is 4.39. The summed E-state index contributed by atoms with van der Waals surface area (Å²) in [4.78, 5) is 8.78. The Morgan fingerprint density at radius 1 is 1.05 bits per heavy atom. The fourth-order valence-corrected chi connectivity index (χ4v) is 1.87. The van der Waals surface area contributed by atoms with E-state index in [1.54, 1.807) is 6.92 Å². The van der Waals surface area contributed by atoms with Gasteiger partial charge in [-0.2, -0.15) is 0 Å². The first-order chi connectivity index (χ1) is 9.63. The van der Waals surface area contributed by atoms with Gasteiger partial charge in [-0.15, -0.1) is 0 Å². The number of ether oxygens (including phenoxy) is 1. The highest BCUT2D eigenvalue weighted by Crippen LogP contribution is 2.29. The molecule has 1 heterocycles. The van der Waals surface area contributed by atoms with Gasteiger partial charge in [-0.25, -0.2) is 14.4 Å². The molecule has 0 aliphatic carbocycles. The Hall–Kier alpha value is -2.69. The minimum Gasteiger partial charge on any atom is -0.435 e. The van der Waals surface area contributed by atoms with Crippen molar-refractivity contribution in [3.8, 4) is 11.6 Å². The quantitative estimate of drug-likeness (QED) is 0.724. The van der Waals surface area contributed by atoms with Crippen molar-refractivity contribution in [1.29, 1.82) is 0 Å². The number of benzene rings is 2. The molecule has 0 aliphatic heterocycles. The van der Waals surface area contributed by atoms with E-state index in [1.807, 2.05) is 24.3 Å². The standard InChI is InChI=1S/C15H12FN3O/c1-9-15(19-13-5-3-2-4-12(13)18-9)20-14-8-10(16)6-7-11(14)17/h2-8H,17H2,1H3. The van der Waals surface area contributed by atoms with Crippen LogP contribution < -0.4 is 10.5 Å². The summed E-state index contributed by atoms with van der Waals surface area (Å²) in [6.07, 6.45) is 0. The summed E-state index contributed by atoms with van der Waals surface area (Å²) in [6, 6.07) is 11.4. The molecule has 0 radical (unpaired) electrons. The van der Waals surface area contributed by atoms with Crippen molar-refractivity contribution in [2.45, 2.75) is 6.92 Å². The van der Waals surface area contributed by atoms with Gasteiger partial charge in [0.2, 0.25) is 5.88 Å². The van der Waals surface area contributed by atoms with Crippen molar-refractivity contribution >= 4 is 16.7 Å². The molecule has 5 heteroatoms. The van der Waals surface area contributed by atoms with E-state index in [2.05, 4.69) is 9.97 Å². The van der Waals surface area contributed by atoms with Gasteiger partial charge in [0.1, 0.15) is 11.5 Å². The van der Waals surface area contributed by atoms with E-state index in [9.17, 15) is 4.39 Å². The predicted octanol–water partition coefficient (Wildman–Crippen LogP) is 3.45. The maximum absolute atomic E-state index is 13.2. The van der Waals surface area contributed by atoms with Gasteiger partial charge in [-0.05, 0) is 31.2 Å². The number of rotatable bonds is 2. The Kier molecular flexibility index (Phi) is 2.95. The van der Waals surface area contributed by atoms with Crippen molar-refractivity contribution in [2.24, 2.45) is 0 Å². The summed E-state index contributed by atoms with van der Waals surface area (Å²) in [5.41, 5.74) is 8.22. The number of anilines is 1. The van der Waals surface area contributed by atoms with Gasteiger partial charge in [0.25, 0.3) is 0 Å². The maximum Gasteiger partial charge on any atom is 0.241 e. The summed E-state index contributed by atoms with van der Waals surface area (Å²) in [6.45, 7) is 1.78. The number of nitrogens with two attached hydrogens (primary N) is 1. The van der Waals surface area contributed by atoms with Crippen LogP contribution in [0.25, 0.3) is 11.0 Å². The molecule has 3 rings (SSSR count). The normalized spacial score (nSPS) is 10.7. The van der Waals surface area contributed by atoms with Crippen LogP contribution in [0.2, 0.25) is 0 Å². The number of nitrogen functional groups attached to an aromatic ring is 1. The van der Waals surface area contributed by atoms with Crippen LogP contribution in [0.3, 0.4) is 0 Å². The SMILES string of the molecule is Cc1nc2ccccc2nc1Oc1cc(F)ccc1N. The Balaban J connectivity index is 2.06. The molecule has 2 N–H and O–H groups in total. The number of para-hydroxylation sites is 2. The molecule has 0 saturated carbocycles. The molecule has 4 nitrogen and oxygen atoms in total. The maximum atomic E-state index is 13.2. The van der Waals surface area contributed by atoms with Crippen LogP contribution in [0.4, 0.5) is 10.1 Å². The summed E-state index contributed by atoms with van der Waals surface area (Å²) < 4.78 is 18.8. The molecule has 0 fully saturated rings. The molecule has 0 unspecified atom stereocenters. The number of halogens is 1. The van der Waals surface area contributed by atoms with E-state index in [0.717, 1.165) is 5.52 Å². The zero-order chi connectivity index (χ0) is 14.1. The van der Waals surface area contributed by atoms with E-state index in [0.29, 0.717) is 22.8 Å². The Labute approximate surface area is 115 Å². The van der Waals surface area contributed by atoms with Crippen LogP contribution in [0, 0.1) is 12.7 Å². The third-order valence-corrected chi connectivity index (χ3v) is 2.88. The van der Waals surface area contributed by atoms with Crippen LogP contribution in [0.1, 0.15) is 5.69 Å². The van der Waals surface area contributed by atoms with E-state index < -0.39 is 5.82 Å². The molecule has 100 valence electrons. The van der Waals surface area contributed by atoms with E-state index in [4.69, 9.17) is 10.5 Å². The molecule has 0 atom stereocenters. The topological polar surface area (TPSA) is 61.0 Å². The zero-order valence-electron chi connectivity index (χ0n) is 10.8. The van der Waals surface area contributed by atoms with Gasteiger partial charge in [-0.1, -0.05) is 12.1 Å². The molecule has 2 aromatic carbocycles. The number of fused-ring (bicyclic) bond motifs is 1. The minimum absolute atomic E-state index is 0.234. The highest BCUT2D eigenvalue weighted by molar-refractivity contribution is 5.74. The van der Waals surface area contributed by atoms with Crippen molar-refractivity contribution in [1.82, 2.24) is 9.97 Å². The smallest absolute Gasteiger partial charge is 0.241 e. The van der Waals surface area contributed by atoms with E-state index in [-0.39, 0.29) is 5.75 Å². The van der Waals surface area contributed by atoms with Gasteiger partial charge in [0, 0.05) is 6.07 Å². The summed E-state index contributed by atoms with van der Waals surface area (Å²) in [5, 5.41) is 0. The number of hydrogen-bond acceptors (Lipinski definition) is 4. The summed E-state index contributed by atoms with van der Waals surface area (Å²) >= 11 is 0. The number of aromatic nitrogens is 2. The van der Waals surface area contributed by atoms with E-state index >= 15 is 0 Å². The van der Waals surface area contributed by atoms with Gasteiger partial charge in [0.05, 0.1) is 16.7 Å².